The molecule has 2 aliphatic heterocycles. The third-order valence-corrected chi connectivity index (χ3v) is 7.07. The number of anilines is 1. The van der Waals surface area contributed by atoms with Gasteiger partial charge in [0.25, 0.3) is 5.91 Å². The molecule has 7 nitrogen and oxygen atoms in total. The quantitative estimate of drug-likeness (QED) is 0.635. The minimum Gasteiger partial charge on any atom is -0.344 e. The Morgan fingerprint density at radius 2 is 1.78 bits per heavy atom. The van der Waals surface area contributed by atoms with Crippen molar-refractivity contribution in [2.75, 3.05) is 24.5 Å². The Morgan fingerprint density at radius 1 is 1.09 bits per heavy atom. The number of piperazine rings is 1. The van der Waals surface area contributed by atoms with Crippen molar-refractivity contribution in [1.82, 2.24) is 14.8 Å². The summed E-state index contributed by atoms with van der Waals surface area (Å²) in [5, 5.41) is 0.679. The molecular weight excluding hydrogens is 458 g/mol. The van der Waals surface area contributed by atoms with E-state index in [0.717, 1.165) is 22.9 Å². The molecule has 1 saturated carbocycles. The molecule has 0 radical (unpaired) electrons. The van der Waals surface area contributed by atoms with Crippen molar-refractivity contribution in [3.63, 3.8) is 0 Å². The van der Waals surface area contributed by atoms with E-state index in [1.165, 1.54) is 6.20 Å². The zero-order valence-corrected chi connectivity index (χ0v) is 18.4. The zero-order valence-electron chi connectivity index (χ0n) is 16.9. The second kappa shape index (κ2) is 7.42. The van der Waals surface area contributed by atoms with E-state index in [4.69, 9.17) is 23.2 Å². The topological polar surface area (TPSA) is 73.8 Å². The van der Waals surface area contributed by atoms with Crippen molar-refractivity contribution in [2.45, 2.75) is 24.9 Å². The highest BCUT2D eigenvalue weighted by atomic mass is 35.5. The minimum atomic E-state index is -1.11. The summed E-state index contributed by atoms with van der Waals surface area (Å²) in [4.78, 5) is 46.4. The summed E-state index contributed by atoms with van der Waals surface area (Å²) in [6.07, 6.45) is 2.86. The number of amides is 3. The second-order valence-electron chi connectivity index (χ2n) is 8.85. The van der Waals surface area contributed by atoms with Crippen LogP contribution in [0.5, 0.6) is 0 Å². The number of halogens is 3. The number of rotatable bonds is 4. The number of carbonyl (C=O) groups is 3. The highest BCUT2D eigenvalue weighted by Gasteiger charge is 2.68. The first kappa shape index (κ1) is 21.2. The zero-order chi connectivity index (χ0) is 22.7. The van der Waals surface area contributed by atoms with Crippen LogP contribution in [0.3, 0.4) is 0 Å². The van der Waals surface area contributed by atoms with Crippen molar-refractivity contribution < 1.29 is 18.8 Å². The van der Waals surface area contributed by atoms with Crippen LogP contribution in [0.1, 0.15) is 18.4 Å². The van der Waals surface area contributed by atoms with Crippen molar-refractivity contribution in [3.8, 4) is 0 Å². The summed E-state index contributed by atoms with van der Waals surface area (Å²) >= 11 is 11.8. The Labute approximate surface area is 193 Å². The fourth-order valence-electron chi connectivity index (χ4n) is 5.33. The molecule has 0 atom stereocenters. The van der Waals surface area contributed by atoms with Crippen LogP contribution in [-0.4, -0.2) is 58.2 Å². The third kappa shape index (κ3) is 3.24. The highest BCUT2D eigenvalue weighted by molar-refractivity contribution is 6.30. The molecule has 1 aromatic carbocycles. The van der Waals surface area contributed by atoms with Gasteiger partial charge in [-0.25, -0.2) is 9.37 Å². The number of likely N-dealkylation sites (tertiary alicyclic amines) is 1. The number of aromatic nitrogens is 1. The van der Waals surface area contributed by atoms with Gasteiger partial charge in [0.05, 0.1) is 5.02 Å². The standard InChI is InChI=1S/C22H19Cl2FN4O3/c23-15-3-1-14(2-4-15)7-29-18(31)8-28(19-17(25)5-16(24)6-26-19)20(32)22(29)9-21(10-22)11-27(12-21)13-30/h1-6,13H,7-12H2. The molecule has 3 fully saturated rings. The monoisotopic (exact) mass is 476 g/mol. The lowest BCUT2D eigenvalue weighted by Crippen LogP contribution is -2.79. The maximum absolute atomic E-state index is 14.6. The Balaban J connectivity index is 1.49. The number of nitrogens with zero attached hydrogens (tertiary/aromatic N) is 4. The van der Waals surface area contributed by atoms with Gasteiger partial charge in [0, 0.05) is 36.3 Å². The summed E-state index contributed by atoms with van der Waals surface area (Å²) < 4.78 is 14.6. The molecule has 2 spiro atoms. The lowest BCUT2D eigenvalue weighted by molar-refractivity contribution is -0.188. The lowest BCUT2D eigenvalue weighted by atomic mass is 9.52. The third-order valence-electron chi connectivity index (χ3n) is 6.61. The van der Waals surface area contributed by atoms with Gasteiger partial charge in [-0.15, -0.1) is 0 Å². The molecule has 3 heterocycles. The normalized spacial score (nSPS) is 21.0. The van der Waals surface area contributed by atoms with Crippen molar-refractivity contribution in [1.29, 1.82) is 0 Å². The fraction of sp³-hybridized carbons (Fsp3) is 0.364. The first-order valence-corrected chi connectivity index (χ1v) is 10.9. The molecule has 0 N–H and O–H groups in total. The molecule has 0 bridgehead atoms. The van der Waals surface area contributed by atoms with E-state index < -0.39 is 11.4 Å². The molecule has 1 aliphatic carbocycles. The molecule has 0 unspecified atom stereocenters. The largest absolute Gasteiger partial charge is 0.344 e. The van der Waals surface area contributed by atoms with E-state index in [2.05, 4.69) is 4.98 Å². The first-order chi connectivity index (χ1) is 15.2. The summed E-state index contributed by atoms with van der Waals surface area (Å²) in [6.45, 7) is 1.01. The summed E-state index contributed by atoms with van der Waals surface area (Å²) in [5.74, 6) is -1.63. The molecule has 5 rings (SSSR count). The Hall–Kier alpha value is -2.71. The van der Waals surface area contributed by atoms with E-state index in [1.54, 1.807) is 21.9 Å². The molecule has 2 saturated heterocycles. The van der Waals surface area contributed by atoms with Crippen LogP contribution in [0.2, 0.25) is 10.0 Å². The number of hydrogen-bond acceptors (Lipinski definition) is 4. The smallest absolute Gasteiger partial charge is 0.254 e. The van der Waals surface area contributed by atoms with Gasteiger partial charge in [0.2, 0.25) is 12.3 Å². The Bertz CT molecular complexity index is 1110. The molecule has 2 aromatic rings. The summed E-state index contributed by atoms with van der Waals surface area (Å²) in [6, 6.07) is 8.16. The maximum atomic E-state index is 14.6. The van der Waals surface area contributed by atoms with Crippen LogP contribution in [-0.2, 0) is 20.9 Å². The fourth-order valence-corrected chi connectivity index (χ4v) is 5.60. The van der Waals surface area contributed by atoms with Gasteiger partial charge in [-0.1, -0.05) is 35.3 Å². The number of hydrogen-bond donors (Lipinski definition) is 0. The van der Waals surface area contributed by atoms with Gasteiger partial charge >= 0.3 is 0 Å². The second-order valence-corrected chi connectivity index (χ2v) is 9.73. The van der Waals surface area contributed by atoms with Crippen LogP contribution < -0.4 is 4.90 Å². The van der Waals surface area contributed by atoms with Crippen molar-refractivity contribution in [2.24, 2.45) is 5.41 Å². The highest BCUT2D eigenvalue weighted by Crippen LogP contribution is 2.58. The van der Waals surface area contributed by atoms with Crippen LogP contribution in [0, 0.1) is 11.2 Å². The summed E-state index contributed by atoms with van der Waals surface area (Å²) in [5.41, 5.74) is -0.481. The van der Waals surface area contributed by atoms with E-state index in [9.17, 15) is 18.8 Å². The van der Waals surface area contributed by atoms with Gasteiger partial charge in [-0.05, 0) is 36.6 Å². The molecule has 3 aliphatic rings. The van der Waals surface area contributed by atoms with Gasteiger partial charge in [0.15, 0.2) is 11.6 Å². The van der Waals surface area contributed by atoms with E-state index in [0.29, 0.717) is 31.0 Å². The van der Waals surface area contributed by atoms with Crippen LogP contribution >= 0.6 is 23.2 Å². The van der Waals surface area contributed by atoms with Crippen molar-refractivity contribution in [3.05, 3.63) is 58.0 Å². The molecule has 3 amide bonds. The molecule has 1 aromatic heterocycles. The Morgan fingerprint density at radius 3 is 2.41 bits per heavy atom. The van der Waals surface area contributed by atoms with Gasteiger partial charge in [-0.2, -0.15) is 0 Å². The minimum absolute atomic E-state index is 0.104. The van der Waals surface area contributed by atoms with Gasteiger partial charge in [-0.3, -0.25) is 19.3 Å². The molecule has 10 heteroatoms. The molecular formula is C22H19Cl2FN4O3. The predicted octanol–water partition coefficient (Wildman–Crippen LogP) is 2.89. The van der Waals surface area contributed by atoms with E-state index in [-0.39, 0.29) is 41.2 Å². The van der Waals surface area contributed by atoms with Gasteiger partial charge in [0.1, 0.15) is 12.1 Å². The van der Waals surface area contributed by atoms with Crippen LogP contribution in [0.25, 0.3) is 0 Å². The van der Waals surface area contributed by atoms with Crippen LogP contribution in [0.15, 0.2) is 36.5 Å². The molecule has 166 valence electrons. The number of carbonyl (C=O) groups excluding carboxylic acids is 3. The number of benzene rings is 1. The lowest BCUT2D eigenvalue weighted by Gasteiger charge is -2.66. The SMILES string of the molecule is O=CN1CC2(C1)CC1(C2)C(=O)N(c2ncc(Cl)cc2F)CC(=O)N1Cc1ccc(Cl)cc1. The maximum Gasteiger partial charge on any atom is 0.254 e. The first-order valence-electron chi connectivity index (χ1n) is 10.1. The average Bonchev–Trinajstić information content (AvgIpc) is 2.70. The molecule has 32 heavy (non-hydrogen) atoms. The van der Waals surface area contributed by atoms with Crippen molar-refractivity contribution >= 4 is 47.2 Å². The van der Waals surface area contributed by atoms with E-state index in [1.807, 2.05) is 12.1 Å². The van der Waals surface area contributed by atoms with Gasteiger partial charge < -0.3 is 9.80 Å². The van der Waals surface area contributed by atoms with E-state index >= 15 is 0 Å². The predicted molar refractivity (Wildman–Crippen MR) is 116 cm³/mol. The summed E-state index contributed by atoms with van der Waals surface area (Å²) in [7, 11) is 0. The number of pyridine rings is 1. The van der Waals surface area contributed by atoms with Crippen LogP contribution in [0.4, 0.5) is 10.2 Å². The Kier molecular flexibility index (Phi) is 4.90. The average molecular weight is 477 g/mol.